The Kier molecular flexibility index (Phi) is 4.17. The van der Waals surface area contributed by atoms with E-state index in [-0.39, 0.29) is 6.54 Å². The highest BCUT2D eigenvalue weighted by atomic mass is 35.5. The van der Waals surface area contributed by atoms with Crippen LogP contribution in [0.2, 0.25) is 5.02 Å². The van der Waals surface area contributed by atoms with E-state index in [1.54, 1.807) is 7.05 Å². The molecule has 1 aromatic carbocycles. The normalized spacial score (nSPS) is 12.7. The summed E-state index contributed by atoms with van der Waals surface area (Å²) in [5.41, 5.74) is 0. The van der Waals surface area contributed by atoms with E-state index in [4.69, 9.17) is 11.6 Å². The molecule has 0 bridgehead atoms. The largest absolute Gasteiger partial charge is 0.281 e. The molecule has 0 aliphatic heterocycles. The fourth-order valence-electron chi connectivity index (χ4n) is 1.73. The molecular weight excluding hydrogens is 304 g/mol. The molecule has 104 valence electrons. The minimum absolute atomic E-state index is 0.276. The van der Waals surface area contributed by atoms with Gasteiger partial charge in [0.2, 0.25) is 0 Å². The molecule has 0 amide bonds. The highest BCUT2D eigenvalue weighted by Crippen LogP contribution is 2.36. The van der Waals surface area contributed by atoms with Gasteiger partial charge in [-0.1, -0.05) is 29.8 Å². The molecule has 0 radical (unpaired) electrons. The predicted molar refractivity (Wildman–Crippen MR) is 80.9 cm³/mol. The Morgan fingerprint density at radius 1 is 1.21 bits per heavy atom. The van der Waals surface area contributed by atoms with E-state index in [1.165, 1.54) is 34.0 Å². The lowest BCUT2D eigenvalue weighted by atomic mass is 10.2. The SMILES string of the molecule is CN(C)S(=O)(=O)N(C)Cc1sc2ccccc2c1Cl. The van der Waals surface area contributed by atoms with Gasteiger partial charge in [0.25, 0.3) is 10.2 Å². The van der Waals surface area contributed by atoms with Gasteiger partial charge in [-0.2, -0.15) is 17.0 Å². The first-order valence-electron chi connectivity index (χ1n) is 5.63. The van der Waals surface area contributed by atoms with Crippen LogP contribution in [0.15, 0.2) is 24.3 Å². The Labute approximate surface area is 122 Å². The van der Waals surface area contributed by atoms with Crippen molar-refractivity contribution in [2.45, 2.75) is 6.54 Å². The summed E-state index contributed by atoms with van der Waals surface area (Å²) in [6, 6.07) is 7.79. The van der Waals surface area contributed by atoms with Crippen LogP contribution < -0.4 is 0 Å². The van der Waals surface area contributed by atoms with Crippen LogP contribution in [0.25, 0.3) is 10.1 Å². The zero-order valence-electron chi connectivity index (χ0n) is 10.9. The van der Waals surface area contributed by atoms with Gasteiger partial charge in [0, 0.05) is 36.1 Å². The highest BCUT2D eigenvalue weighted by Gasteiger charge is 2.22. The Morgan fingerprint density at radius 3 is 2.42 bits per heavy atom. The second kappa shape index (κ2) is 5.38. The van der Waals surface area contributed by atoms with Gasteiger partial charge in [0.05, 0.1) is 11.6 Å². The van der Waals surface area contributed by atoms with Crippen LogP contribution in [0.4, 0.5) is 0 Å². The molecule has 0 aliphatic carbocycles. The van der Waals surface area contributed by atoms with E-state index in [9.17, 15) is 8.42 Å². The van der Waals surface area contributed by atoms with Gasteiger partial charge in [-0.05, 0) is 6.07 Å². The van der Waals surface area contributed by atoms with Crippen LogP contribution in [0.5, 0.6) is 0 Å². The van der Waals surface area contributed by atoms with Crippen molar-refractivity contribution in [1.82, 2.24) is 8.61 Å². The van der Waals surface area contributed by atoms with Gasteiger partial charge in [-0.15, -0.1) is 11.3 Å². The minimum Gasteiger partial charge on any atom is -0.195 e. The van der Waals surface area contributed by atoms with E-state index in [1.807, 2.05) is 24.3 Å². The van der Waals surface area contributed by atoms with Crippen molar-refractivity contribution in [3.05, 3.63) is 34.2 Å². The van der Waals surface area contributed by atoms with E-state index in [0.29, 0.717) is 5.02 Å². The van der Waals surface area contributed by atoms with Crippen LogP contribution >= 0.6 is 22.9 Å². The molecule has 0 aliphatic rings. The number of hydrogen-bond acceptors (Lipinski definition) is 3. The third kappa shape index (κ3) is 2.78. The Morgan fingerprint density at radius 2 is 1.84 bits per heavy atom. The van der Waals surface area contributed by atoms with E-state index < -0.39 is 10.2 Å². The molecule has 0 atom stereocenters. The van der Waals surface area contributed by atoms with Gasteiger partial charge in [-0.3, -0.25) is 0 Å². The number of fused-ring (bicyclic) bond motifs is 1. The van der Waals surface area contributed by atoms with Crippen LogP contribution in [-0.4, -0.2) is 38.2 Å². The maximum absolute atomic E-state index is 12.0. The van der Waals surface area contributed by atoms with Crippen LogP contribution in [0.1, 0.15) is 4.88 Å². The Balaban J connectivity index is 2.34. The lowest BCUT2D eigenvalue weighted by Gasteiger charge is -2.20. The Bertz CT molecular complexity index is 695. The molecule has 0 spiro atoms. The highest BCUT2D eigenvalue weighted by molar-refractivity contribution is 7.86. The number of halogens is 1. The summed E-state index contributed by atoms with van der Waals surface area (Å²) in [6.45, 7) is 0.276. The summed E-state index contributed by atoms with van der Waals surface area (Å²) in [4.78, 5) is 0.857. The van der Waals surface area contributed by atoms with E-state index in [0.717, 1.165) is 15.0 Å². The fraction of sp³-hybridized carbons (Fsp3) is 0.333. The third-order valence-corrected chi connectivity index (χ3v) is 6.36. The second-order valence-electron chi connectivity index (χ2n) is 4.38. The molecule has 0 N–H and O–H groups in total. The average molecular weight is 319 g/mol. The summed E-state index contributed by atoms with van der Waals surface area (Å²) in [5, 5.41) is 1.61. The number of benzene rings is 1. The summed E-state index contributed by atoms with van der Waals surface area (Å²) in [5.74, 6) is 0. The van der Waals surface area contributed by atoms with Gasteiger partial charge in [-0.25, -0.2) is 0 Å². The topological polar surface area (TPSA) is 40.6 Å². The zero-order valence-corrected chi connectivity index (χ0v) is 13.3. The molecule has 7 heteroatoms. The van der Waals surface area contributed by atoms with Crippen LogP contribution in [0, 0.1) is 0 Å². The molecule has 2 aromatic rings. The first-order chi connectivity index (χ1) is 8.84. The molecule has 0 saturated heterocycles. The number of nitrogens with zero attached hydrogens (tertiary/aromatic N) is 2. The first kappa shape index (κ1) is 14.7. The number of thiophene rings is 1. The van der Waals surface area contributed by atoms with Crippen molar-refractivity contribution in [2.24, 2.45) is 0 Å². The quantitative estimate of drug-likeness (QED) is 0.869. The molecule has 0 fully saturated rings. The fourth-order valence-corrected chi connectivity index (χ4v) is 4.21. The Hall–Kier alpha value is -0.660. The van der Waals surface area contributed by atoms with Crippen molar-refractivity contribution in [3.8, 4) is 0 Å². The standard InChI is InChI=1S/C12H15ClN2O2S2/c1-14(2)19(16,17)15(3)8-11-12(13)9-6-4-5-7-10(9)18-11/h4-7H,8H2,1-3H3. The van der Waals surface area contributed by atoms with Crippen molar-refractivity contribution < 1.29 is 8.42 Å². The molecule has 2 rings (SSSR count). The van der Waals surface area contributed by atoms with Gasteiger partial charge in [0.1, 0.15) is 0 Å². The maximum atomic E-state index is 12.0. The van der Waals surface area contributed by atoms with Gasteiger partial charge < -0.3 is 0 Å². The molecule has 1 aromatic heterocycles. The van der Waals surface area contributed by atoms with Crippen LogP contribution in [-0.2, 0) is 16.8 Å². The number of hydrogen-bond donors (Lipinski definition) is 0. The third-order valence-electron chi connectivity index (χ3n) is 2.82. The molecule has 0 saturated carbocycles. The summed E-state index contributed by atoms with van der Waals surface area (Å²) < 4.78 is 27.5. The molecule has 4 nitrogen and oxygen atoms in total. The zero-order chi connectivity index (χ0) is 14.2. The van der Waals surface area contributed by atoms with Crippen molar-refractivity contribution in [3.63, 3.8) is 0 Å². The first-order valence-corrected chi connectivity index (χ1v) is 8.23. The molecule has 19 heavy (non-hydrogen) atoms. The molecule has 1 heterocycles. The monoisotopic (exact) mass is 318 g/mol. The minimum atomic E-state index is -3.41. The number of rotatable bonds is 4. The predicted octanol–water partition coefficient (Wildman–Crippen LogP) is 2.79. The smallest absolute Gasteiger partial charge is 0.195 e. The van der Waals surface area contributed by atoms with Crippen molar-refractivity contribution >= 4 is 43.2 Å². The average Bonchev–Trinajstić information content (AvgIpc) is 2.67. The summed E-state index contributed by atoms with van der Waals surface area (Å²) >= 11 is 7.83. The van der Waals surface area contributed by atoms with Gasteiger partial charge in [0.15, 0.2) is 0 Å². The lowest BCUT2D eigenvalue weighted by molar-refractivity contribution is 0.416. The van der Waals surface area contributed by atoms with E-state index in [2.05, 4.69) is 0 Å². The molecular formula is C12H15ClN2O2S2. The maximum Gasteiger partial charge on any atom is 0.281 e. The van der Waals surface area contributed by atoms with Crippen LogP contribution in [0.3, 0.4) is 0 Å². The van der Waals surface area contributed by atoms with Crippen molar-refractivity contribution in [2.75, 3.05) is 21.1 Å². The summed E-state index contributed by atoms with van der Waals surface area (Å²) in [7, 11) is 1.16. The lowest BCUT2D eigenvalue weighted by Crippen LogP contribution is -2.36. The summed E-state index contributed by atoms with van der Waals surface area (Å²) in [6.07, 6.45) is 0. The van der Waals surface area contributed by atoms with E-state index >= 15 is 0 Å². The van der Waals surface area contributed by atoms with Gasteiger partial charge >= 0.3 is 0 Å². The second-order valence-corrected chi connectivity index (χ2v) is 8.15. The molecule has 0 unspecified atom stereocenters. The van der Waals surface area contributed by atoms with Crippen molar-refractivity contribution in [1.29, 1.82) is 0 Å².